The van der Waals surface area contributed by atoms with Crippen molar-refractivity contribution in [1.82, 2.24) is 0 Å². The topological polar surface area (TPSA) is 0 Å². The van der Waals surface area contributed by atoms with Crippen molar-refractivity contribution in [2.24, 2.45) is 0 Å². The van der Waals surface area contributed by atoms with Gasteiger partial charge in [0.25, 0.3) is 0 Å². The molecule has 0 saturated carbocycles. The second-order valence-electron chi connectivity index (χ2n) is 7.47. The first-order chi connectivity index (χ1) is 10.9. The van der Waals surface area contributed by atoms with Gasteiger partial charge in [-0.1, -0.05) is 112 Å². The average Bonchev–Trinajstić information content (AvgIpc) is 2.55. The fourth-order valence-corrected chi connectivity index (χ4v) is 5.02. The van der Waals surface area contributed by atoms with Crippen LogP contribution in [0.25, 0.3) is 0 Å². The second kappa shape index (κ2) is 8.04. The van der Waals surface area contributed by atoms with Crippen LogP contribution in [0.4, 0.5) is 0 Å². The monoisotopic (exact) mass is 294 g/mol. The van der Waals surface area contributed by atoms with E-state index in [-0.39, 0.29) is 0 Å². The van der Waals surface area contributed by atoms with Crippen molar-refractivity contribution in [3.05, 3.63) is 48.0 Å². The van der Waals surface area contributed by atoms with Crippen LogP contribution in [0, 0.1) is 0 Å². The Morgan fingerprint density at radius 2 is 1.68 bits per heavy atom. The van der Waals surface area contributed by atoms with E-state index < -0.39 is 0 Å². The zero-order chi connectivity index (χ0) is 15.2. The molecule has 2 bridgehead atoms. The fourth-order valence-electron chi connectivity index (χ4n) is 5.02. The van der Waals surface area contributed by atoms with E-state index in [2.05, 4.69) is 49.4 Å². The number of fused-ring (bicyclic) bond motifs is 2. The van der Waals surface area contributed by atoms with E-state index in [4.69, 9.17) is 0 Å². The molecule has 1 aromatic rings. The summed E-state index contributed by atoms with van der Waals surface area (Å²) in [6.07, 6.45) is 17.8. The van der Waals surface area contributed by atoms with Crippen molar-refractivity contribution in [2.45, 2.75) is 82.2 Å². The Labute approximate surface area is 137 Å². The van der Waals surface area contributed by atoms with Crippen LogP contribution in [0.15, 0.2) is 42.5 Å². The van der Waals surface area contributed by atoms with Gasteiger partial charge < -0.3 is 0 Å². The average molecular weight is 294 g/mol. The van der Waals surface area contributed by atoms with Gasteiger partial charge in [0.15, 0.2) is 6.71 Å². The summed E-state index contributed by atoms with van der Waals surface area (Å²) in [5.74, 6) is 2.62. The summed E-state index contributed by atoms with van der Waals surface area (Å²) in [5.41, 5.74) is 1.55. The number of rotatable bonds is 6. The molecule has 0 spiro atoms. The summed E-state index contributed by atoms with van der Waals surface area (Å²) in [7, 11) is 0. The zero-order valence-corrected chi connectivity index (χ0v) is 14.2. The number of hydrogen-bond donors (Lipinski definition) is 0. The lowest BCUT2D eigenvalue weighted by molar-refractivity contribution is 0.438. The number of allylic oxidation sites excluding steroid dienone is 2. The molecule has 1 aromatic carbocycles. The molecule has 3 rings (SSSR count). The zero-order valence-electron chi connectivity index (χ0n) is 14.2. The van der Waals surface area contributed by atoms with Crippen LogP contribution in [0.5, 0.6) is 0 Å². The standard InChI is InChI=1S/C21H31B/c1-2-3-4-8-17-21(18-11-6-5-7-12-18)22-19-13-9-14-20(22)16-10-15-19/h5-8,11-12,17,19-21H,2-4,9-10,13-16H2,1H3/b17-8+/t19?,20?,21-/m1/s1. The van der Waals surface area contributed by atoms with E-state index in [0.29, 0.717) is 5.82 Å². The number of benzene rings is 1. The van der Waals surface area contributed by atoms with Gasteiger partial charge in [0.1, 0.15) is 0 Å². The summed E-state index contributed by atoms with van der Waals surface area (Å²) < 4.78 is 0. The first-order valence-corrected chi connectivity index (χ1v) is 9.61. The van der Waals surface area contributed by atoms with Crippen molar-refractivity contribution < 1.29 is 0 Å². The van der Waals surface area contributed by atoms with Crippen molar-refractivity contribution in [2.75, 3.05) is 0 Å². The highest BCUT2D eigenvalue weighted by Gasteiger charge is 2.43. The van der Waals surface area contributed by atoms with E-state index in [1.807, 2.05) is 0 Å². The largest absolute Gasteiger partial charge is 0.159 e. The van der Waals surface area contributed by atoms with Gasteiger partial charge in [-0.05, 0) is 17.8 Å². The Bertz CT molecular complexity index is 442. The summed E-state index contributed by atoms with van der Waals surface area (Å²) in [6.45, 7) is 3.19. The molecule has 0 nitrogen and oxygen atoms in total. The summed E-state index contributed by atoms with van der Waals surface area (Å²) in [5, 5.41) is 0. The number of unbranched alkanes of at least 4 members (excludes halogenated alkanes) is 2. The van der Waals surface area contributed by atoms with Crippen LogP contribution in [0.1, 0.15) is 76.1 Å². The van der Waals surface area contributed by atoms with Gasteiger partial charge in [-0.25, -0.2) is 0 Å². The SMILES string of the molecule is CCCC/C=C/[C@@H](B1C2CCCC1CCC2)c1ccccc1. The molecule has 0 aliphatic carbocycles. The van der Waals surface area contributed by atoms with Crippen molar-refractivity contribution >= 4 is 6.71 Å². The molecule has 0 aromatic heterocycles. The quantitative estimate of drug-likeness (QED) is 0.312. The first kappa shape index (κ1) is 15.9. The molecule has 2 heterocycles. The molecule has 2 aliphatic heterocycles. The van der Waals surface area contributed by atoms with Crippen LogP contribution >= 0.6 is 0 Å². The molecule has 1 atom stereocenters. The lowest BCUT2D eigenvalue weighted by atomic mass is 9.22. The summed E-state index contributed by atoms with van der Waals surface area (Å²) in [4.78, 5) is 0. The van der Waals surface area contributed by atoms with Crippen LogP contribution < -0.4 is 0 Å². The molecule has 0 N–H and O–H groups in total. The normalized spacial score (nSPS) is 26.3. The maximum Gasteiger partial charge on any atom is 0.159 e. The third kappa shape index (κ3) is 3.67. The Morgan fingerprint density at radius 1 is 1.05 bits per heavy atom. The smallest absolute Gasteiger partial charge is 0.0886 e. The van der Waals surface area contributed by atoms with Crippen molar-refractivity contribution in [3.63, 3.8) is 0 Å². The minimum atomic E-state index is 0.661. The molecular formula is C21H31B. The Hall–Kier alpha value is -0.975. The predicted molar refractivity (Wildman–Crippen MR) is 98.8 cm³/mol. The maximum absolute atomic E-state index is 2.58. The fraction of sp³-hybridized carbons (Fsp3) is 0.619. The minimum absolute atomic E-state index is 0.661. The van der Waals surface area contributed by atoms with E-state index in [9.17, 15) is 0 Å². The van der Waals surface area contributed by atoms with E-state index in [1.54, 1.807) is 5.56 Å². The molecule has 2 fully saturated rings. The molecular weight excluding hydrogens is 263 g/mol. The third-order valence-corrected chi connectivity index (χ3v) is 6.06. The lowest BCUT2D eigenvalue weighted by Gasteiger charge is -2.44. The van der Waals surface area contributed by atoms with Gasteiger partial charge >= 0.3 is 0 Å². The molecule has 0 amide bonds. The second-order valence-corrected chi connectivity index (χ2v) is 7.47. The molecule has 118 valence electrons. The van der Waals surface area contributed by atoms with E-state index in [0.717, 1.165) is 18.3 Å². The maximum atomic E-state index is 2.58. The van der Waals surface area contributed by atoms with Gasteiger partial charge in [-0.3, -0.25) is 0 Å². The lowest BCUT2D eigenvalue weighted by Crippen LogP contribution is -2.39. The highest BCUT2D eigenvalue weighted by Crippen LogP contribution is 2.51. The highest BCUT2D eigenvalue weighted by molar-refractivity contribution is 6.64. The highest BCUT2D eigenvalue weighted by atomic mass is 14.3. The first-order valence-electron chi connectivity index (χ1n) is 9.61. The van der Waals surface area contributed by atoms with Crippen LogP contribution in [-0.4, -0.2) is 6.71 Å². The Morgan fingerprint density at radius 3 is 2.27 bits per heavy atom. The summed E-state index contributed by atoms with van der Waals surface area (Å²) >= 11 is 0. The van der Waals surface area contributed by atoms with Gasteiger partial charge in [-0.2, -0.15) is 0 Å². The Balaban J connectivity index is 1.82. The molecule has 0 unspecified atom stereocenters. The molecule has 2 saturated heterocycles. The Kier molecular flexibility index (Phi) is 5.81. The summed E-state index contributed by atoms with van der Waals surface area (Å²) in [6, 6.07) is 11.3. The molecule has 0 radical (unpaired) electrons. The molecule has 22 heavy (non-hydrogen) atoms. The van der Waals surface area contributed by atoms with Crippen LogP contribution in [-0.2, 0) is 0 Å². The van der Waals surface area contributed by atoms with Crippen LogP contribution in [0.2, 0.25) is 11.6 Å². The van der Waals surface area contributed by atoms with Crippen molar-refractivity contribution in [3.8, 4) is 0 Å². The van der Waals surface area contributed by atoms with E-state index in [1.165, 1.54) is 57.8 Å². The van der Waals surface area contributed by atoms with Crippen molar-refractivity contribution in [1.29, 1.82) is 0 Å². The van der Waals surface area contributed by atoms with Crippen LogP contribution in [0.3, 0.4) is 0 Å². The predicted octanol–water partition coefficient (Wildman–Crippen LogP) is 6.66. The third-order valence-electron chi connectivity index (χ3n) is 6.06. The van der Waals surface area contributed by atoms with Gasteiger partial charge in [0, 0.05) is 0 Å². The molecule has 2 aliphatic rings. The minimum Gasteiger partial charge on any atom is -0.0886 e. The van der Waals surface area contributed by atoms with Gasteiger partial charge in [-0.15, -0.1) is 0 Å². The van der Waals surface area contributed by atoms with E-state index >= 15 is 0 Å². The van der Waals surface area contributed by atoms with Gasteiger partial charge in [0.2, 0.25) is 0 Å². The molecule has 1 heteroatoms. The van der Waals surface area contributed by atoms with Gasteiger partial charge in [0.05, 0.1) is 0 Å². The number of hydrogen-bond acceptors (Lipinski definition) is 0.